The molecule has 13 heavy (non-hydrogen) atoms. The minimum atomic E-state index is 0.436. The molecule has 5 heteroatoms. The second-order valence-electron chi connectivity index (χ2n) is 2.85. The first kappa shape index (κ1) is 9.06. The van der Waals surface area contributed by atoms with Crippen LogP contribution in [0.2, 0.25) is 0 Å². The smallest absolute Gasteiger partial charge is 0.150 e. The summed E-state index contributed by atoms with van der Waals surface area (Å²) in [4.78, 5) is 4.21. The molecule has 2 aliphatic rings. The van der Waals surface area contributed by atoms with Crippen LogP contribution in [-0.4, -0.2) is 16.7 Å². The normalized spacial score (nSPS) is 21.6. The lowest BCUT2D eigenvalue weighted by atomic mass is 10.2. The lowest BCUT2D eigenvalue weighted by molar-refractivity contribution is 0.371. The van der Waals surface area contributed by atoms with Gasteiger partial charge in [0.1, 0.15) is 10.3 Å². The van der Waals surface area contributed by atoms with Crippen LogP contribution < -0.4 is 5.43 Å². The summed E-state index contributed by atoms with van der Waals surface area (Å²) in [6.45, 7) is 2.88. The van der Waals surface area contributed by atoms with E-state index >= 15 is 0 Å². The molecule has 0 fully saturated rings. The topological polar surface area (TPSA) is 27.6 Å². The number of halogens is 2. The van der Waals surface area contributed by atoms with E-state index in [1.165, 1.54) is 5.57 Å². The fraction of sp³-hybridized carbons (Fsp3) is 0.375. The number of fused-ring (bicyclic) bond motifs is 1. The summed E-state index contributed by atoms with van der Waals surface area (Å²) in [5.74, 6) is 0.847. The number of allylic oxidation sites excluding steroid dienone is 1. The van der Waals surface area contributed by atoms with Crippen molar-refractivity contribution in [2.45, 2.75) is 13.3 Å². The van der Waals surface area contributed by atoms with Crippen molar-refractivity contribution in [3.63, 3.8) is 0 Å². The van der Waals surface area contributed by atoms with Gasteiger partial charge in [0.15, 0.2) is 5.82 Å². The van der Waals surface area contributed by atoms with E-state index in [-0.39, 0.29) is 0 Å². The van der Waals surface area contributed by atoms with Crippen LogP contribution in [0, 0.1) is 0 Å². The van der Waals surface area contributed by atoms with Crippen molar-refractivity contribution in [1.82, 2.24) is 10.4 Å². The van der Waals surface area contributed by atoms with Crippen LogP contribution in [0.1, 0.15) is 13.3 Å². The first-order valence-corrected chi connectivity index (χ1v) is 4.85. The standard InChI is InChI=1S/C8H9Cl2N3/c1-2-5-4-11-13-7(10)3-6(9)12-8(5)13/h3,11H,2,4H2,1H3. The zero-order valence-corrected chi connectivity index (χ0v) is 8.65. The van der Waals surface area contributed by atoms with Crippen LogP contribution in [0.25, 0.3) is 0 Å². The number of hydrogen-bond donors (Lipinski definition) is 1. The van der Waals surface area contributed by atoms with Gasteiger partial charge in [-0.15, -0.1) is 0 Å². The number of aliphatic imine (C=N–C) groups is 1. The molecular weight excluding hydrogens is 209 g/mol. The third-order valence-corrected chi connectivity index (χ3v) is 2.54. The lowest BCUT2D eigenvalue weighted by Crippen LogP contribution is -2.30. The van der Waals surface area contributed by atoms with Gasteiger partial charge in [-0.3, -0.25) is 0 Å². The maximum atomic E-state index is 5.96. The molecule has 0 radical (unpaired) electrons. The van der Waals surface area contributed by atoms with Crippen molar-refractivity contribution in [1.29, 1.82) is 0 Å². The zero-order valence-electron chi connectivity index (χ0n) is 7.14. The zero-order chi connectivity index (χ0) is 9.42. The molecule has 2 rings (SSSR count). The molecule has 0 aromatic rings. The van der Waals surface area contributed by atoms with Gasteiger partial charge in [0.2, 0.25) is 0 Å². The molecule has 0 saturated carbocycles. The molecule has 0 atom stereocenters. The second kappa shape index (κ2) is 3.33. The molecule has 0 aromatic carbocycles. The van der Waals surface area contributed by atoms with E-state index in [0.29, 0.717) is 10.3 Å². The van der Waals surface area contributed by atoms with Gasteiger partial charge in [-0.05, 0) is 12.0 Å². The second-order valence-corrected chi connectivity index (χ2v) is 3.63. The molecule has 0 aromatic heterocycles. The van der Waals surface area contributed by atoms with Gasteiger partial charge in [0.25, 0.3) is 0 Å². The van der Waals surface area contributed by atoms with E-state index < -0.39 is 0 Å². The van der Waals surface area contributed by atoms with Crippen LogP contribution in [0.15, 0.2) is 27.6 Å². The molecule has 2 heterocycles. The Labute approximate surface area is 86.7 Å². The molecule has 70 valence electrons. The lowest BCUT2D eigenvalue weighted by Gasteiger charge is -2.21. The number of hydrogen-bond acceptors (Lipinski definition) is 3. The Morgan fingerprint density at radius 3 is 3.08 bits per heavy atom. The van der Waals surface area contributed by atoms with Gasteiger partial charge < -0.3 is 0 Å². The predicted octanol–water partition coefficient (Wildman–Crippen LogP) is 2.16. The molecule has 1 N–H and O–H groups in total. The van der Waals surface area contributed by atoms with Crippen molar-refractivity contribution in [2.75, 3.05) is 6.54 Å². The minimum Gasteiger partial charge on any atom is -0.248 e. The van der Waals surface area contributed by atoms with Crippen LogP contribution >= 0.6 is 23.2 Å². The summed E-state index contributed by atoms with van der Waals surface area (Å²) in [5.41, 5.74) is 4.35. The molecule has 0 amide bonds. The SMILES string of the molecule is CCC1=C2N=C(Cl)C=C(Cl)N2NC1. The minimum absolute atomic E-state index is 0.436. The Hall–Kier alpha value is -0.510. The van der Waals surface area contributed by atoms with Gasteiger partial charge in [0.05, 0.1) is 0 Å². The van der Waals surface area contributed by atoms with Gasteiger partial charge in [0, 0.05) is 12.6 Å². The summed E-state index contributed by atoms with van der Waals surface area (Å²) in [7, 11) is 0. The molecule has 2 aliphatic heterocycles. The summed E-state index contributed by atoms with van der Waals surface area (Å²) >= 11 is 11.8. The third-order valence-electron chi connectivity index (χ3n) is 2.07. The largest absolute Gasteiger partial charge is 0.248 e. The fourth-order valence-corrected chi connectivity index (χ4v) is 1.85. The molecule has 3 nitrogen and oxygen atoms in total. The van der Waals surface area contributed by atoms with Crippen molar-refractivity contribution < 1.29 is 0 Å². The first-order chi connectivity index (χ1) is 6.22. The predicted molar refractivity (Wildman–Crippen MR) is 54.4 cm³/mol. The van der Waals surface area contributed by atoms with Gasteiger partial charge in [-0.2, -0.15) is 0 Å². The fourth-order valence-electron chi connectivity index (χ4n) is 1.37. The van der Waals surface area contributed by atoms with E-state index in [1.54, 1.807) is 11.1 Å². The number of hydrazine groups is 1. The maximum Gasteiger partial charge on any atom is 0.150 e. The van der Waals surface area contributed by atoms with Gasteiger partial charge in [-0.1, -0.05) is 30.1 Å². The number of nitrogens with one attached hydrogen (secondary N) is 1. The van der Waals surface area contributed by atoms with Crippen molar-refractivity contribution in [3.8, 4) is 0 Å². The van der Waals surface area contributed by atoms with E-state index in [2.05, 4.69) is 17.3 Å². The van der Waals surface area contributed by atoms with E-state index in [4.69, 9.17) is 23.2 Å². The highest BCUT2D eigenvalue weighted by molar-refractivity contribution is 6.69. The first-order valence-electron chi connectivity index (χ1n) is 4.09. The van der Waals surface area contributed by atoms with E-state index in [9.17, 15) is 0 Å². The van der Waals surface area contributed by atoms with E-state index in [0.717, 1.165) is 18.8 Å². The highest BCUT2D eigenvalue weighted by atomic mass is 35.5. The Morgan fingerprint density at radius 1 is 1.62 bits per heavy atom. The molecule has 0 aliphatic carbocycles. The van der Waals surface area contributed by atoms with Crippen LogP contribution in [0.4, 0.5) is 0 Å². The Balaban J connectivity index is 2.42. The van der Waals surface area contributed by atoms with Crippen LogP contribution in [-0.2, 0) is 0 Å². The molecule has 0 spiro atoms. The molecule has 0 saturated heterocycles. The Kier molecular flexibility index (Phi) is 2.32. The van der Waals surface area contributed by atoms with Crippen molar-refractivity contribution >= 4 is 28.4 Å². The highest BCUT2D eigenvalue weighted by Gasteiger charge is 2.26. The monoisotopic (exact) mass is 217 g/mol. The van der Waals surface area contributed by atoms with Crippen molar-refractivity contribution in [3.05, 3.63) is 22.6 Å². The number of rotatable bonds is 1. The summed E-state index contributed by atoms with van der Waals surface area (Å²) in [6.07, 6.45) is 2.58. The van der Waals surface area contributed by atoms with Crippen molar-refractivity contribution in [2.24, 2.45) is 4.99 Å². The Morgan fingerprint density at radius 2 is 2.38 bits per heavy atom. The number of nitrogens with zero attached hydrogens (tertiary/aromatic N) is 2. The molecule has 0 bridgehead atoms. The van der Waals surface area contributed by atoms with Gasteiger partial charge >= 0.3 is 0 Å². The maximum absolute atomic E-state index is 5.96. The third kappa shape index (κ3) is 1.47. The average Bonchev–Trinajstić information content (AvgIpc) is 2.47. The van der Waals surface area contributed by atoms with Crippen LogP contribution in [0.5, 0.6) is 0 Å². The molecular formula is C8H9Cl2N3. The summed E-state index contributed by atoms with van der Waals surface area (Å²) in [6, 6.07) is 0. The highest BCUT2D eigenvalue weighted by Crippen LogP contribution is 2.28. The Bertz CT molecular complexity index is 330. The van der Waals surface area contributed by atoms with Crippen LogP contribution in [0.3, 0.4) is 0 Å². The quantitative estimate of drug-likeness (QED) is 0.683. The summed E-state index contributed by atoms with van der Waals surface area (Å²) in [5, 5.41) is 2.76. The summed E-state index contributed by atoms with van der Waals surface area (Å²) < 4.78 is 0. The van der Waals surface area contributed by atoms with E-state index in [1.807, 2.05) is 0 Å². The van der Waals surface area contributed by atoms with Gasteiger partial charge in [-0.25, -0.2) is 15.4 Å². The molecule has 0 unspecified atom stereocenters. The average molecular weight is 218 g/mol.